The zero-order chi connectivity index (χ0) is 15.7. The predicted octanol–water partition coefficient (Wildman–Crippen LogP) is 2.72. The third-order valence-electron chi connectivity index (χ3n) is 3.97. The molecule has 4 nitrogen and oxygen atoms in total. The van der Waals surface area contributed by atoms with Crippen LogP contribution < -0.4 is 5.32 Å². The molecule has 1 aliphatic rings. The maximum absolute atomic E-state index is 12.8. The summed E-state index contributed by atoms with van der Waals surface area (Å²) in [5.41, 5.74) is 2.66. The van der Waals surface area contributed by atoms with Crippen molar-refractivity contribution in [3.05, 3.63) is 59.7 Å². The first-order valence-corrected chi connectivity index (χ1v) is 8.72. The van der Waals surface area contributed by atoms with E-state index in [1.807, 2.05) is 25.1 Å². The molecule has 114 valence electrons. The van der Waals surface area contributed by atoms with E-state index in [2.05, 4.69) is 5.32 Å². The molecule has 0 saturated carbocycles. The van der Waals surface area contributed by atoms with Crippen molar-refractivity contribution in [2.24, 2.45) is 0 Å². The highest BCUT2D eigenvalue weighted by molar-refractivity contribution is 7.92. The predicted molar refractivity (Wildman–Crippen MR) is 85.5 cm³/mol. The third kappa shape index (κ3) is 2.64. The standard InChI is InChI=1S/C17H17NO3S/c1-12-6-9-14(10-7-12)22(20,21)16-11-8-13-4-2-3-5-15(13)18-17(16)19/h2-7,9-10,16H,8,11H2,1H3,(H,18,19). The minimum Gasteiger partial charge on any atom is -0.325 e. The molecule has 1 heterocycles. The molecule has 1 aliphatic heterocycles. The summed E-state index contributed by atoms with van der Waals surface area (Å²) in [5.74, 6) is -0.453. The first kappa shape index (κ1) is 14.8. The third-order valence-corrected chi connectivity index (χ3v) is 6.10. The molecule has 2 aromatic carbocycles. The minimum atomic E-state index is -3.68. The van der Waals surface area contributed by atoms with Crippen LogP contribution in [0.25, 0.3) is 0 Å². The first-order valence-electron chi connectivity index (χ1n) is 7.18. The molecule has 2 aromatic rings. The molecular weight excluding hydrogens is 298 g/mol. The Labute approximate surface area is 130 Å². The van der Waals surface area contributed by atoms with Crippen molar-refractivity contribution < 1.29 is 13.2 Å². The lowest BCUT2D eigenvalue weighted by Gasteiger charge is -2.14. The van der Waals surface area contributed by atoms with Gasteiger partial charge in [-0.3, -0.25) is 4.79 Å². The monoisotopic (exact) mass is 315 g/mol. The fourth-order valence-corrected chi connectivity index (χ4v) is 4.29. The second-order valence-electron chi connectivity index (χ2n) is 5.53. The molecule has 1 atom stereocenters. The van der Waals surface area contributed by atoms with Gasteiger partial charge in [-0.1, -0.05) is 35.9 Å². The van der Waals surface area contributed by atoms with Crippen LogP contribution in [0.2, 0.25) is 0 Å². The average molecular weight is 315 g/mol. The first-order chi connectivity index (χ1) is 10.5. The van der Waals surface area contributed by atoms with Gasteiger partial charge < -0.3 is 5.32 Å². The van der Waals surface area contributed by atoms with Crippen molar-refractivity contribution >= 4 is 21.4 Å². The number of anilines is 1. The van der Waals surface area contributed by atoms with Gasteiger partial charge in [0, 0.05) is 5.69 Å². The number of benzene rings is 2. The van der Waals surface area contributed by atoms with Gasteiger partial charge in [0.2, 0.25) is 5.91 Å². The van der Waals surface area contributed by atoms with Gasteiger partial charge in [0.25, 0.3) is 0 Å². The van der Waals surface area contributed by atoms with Gasteiger partial charge in [0.05, 0.1) is 4.90 Å². The second-order valence-corrected chi connectivity index (χ2v) is 7.66. The number of carbonyl (C=O) groups excluding carboxylic acids is 1. The molecule has 3 rings (SSSR count). The molecule has 0 bridgehead atoms. The second kappa shape index (κ2) is 5.57. The van der Waals surface area contributed by atoms with Gasteiger partial charge >= 0.3 is 0 Å². The number of aryl methyl sites for hydroxylation is 2. The van der Waals surface area contributed by atoms with E-state index in [1.54, 1.807) is 30.3 Å². The van der Waals surface area contributed by atoms with Crippen molar-refractivity contribution in [2.45, 2.75) is 29.9 Å². The Morgan fingerprint density at radius 1 is 1.05 bits per heavy atom. The molecule has 0 spiro atoms. The molecule has 22 heavy (non-hydrogen) atoms. The van der Waals surface area contributed by atoms with Gasteiger partial charge in [-0.15, -0.1) is 0 Å². The summed E-state index contributed by atoms with van der Waals surface area (Å²) in [5, 5.41) is 1.69. The Bertz CT molecular complexity index is 810. The summed E-state index contributed by atoms with van der Waals surface area (Å²) in [4.78, 5) is 12.6. The summed E-state index contributed by atoms with van der Waals surface area (Å²) in [6, 6.07) is 14.1. The molecule has 0 saturated heterocycles. The molecular formula is C17H17NO3S. The van der Waals surface area contributed by atoms with Crippen LogP contribution in [0.1, 0.15) is 17.5 Å². The van der Waals surface area contributed by atoms with E-state index in [9.17, 15) is 13.2 Å². The maximum Gasteiger partial charge on any atom is 0.243 e. The molecule has 1 unspecified atom stereocenters. The fraction of sp³-hybridized carbons (Fsp3) is 0.235. The summed E-state index contributed by atoms with van der Waals surface area (Å²) < 4.78 is 25.5. The van der Waals surface area contributed by atoms with Crippen LogP contribution in [-0.2, 0) is 21.1 Å². The zero-order valence-electron chi connectivity index (χ0n) is 12.2. The number of sulfone groups is 1. The fourth-order valence-electron chi connectivity index (χ4n) is 2.68. The molecule has 0 radical (unpaired) electrons. The lowest BCUT2D eigenvalue weighted by atomic mass is 10.1. The lowest BCUT2D eigenvalue weighted by Crippen LogP contribution is -2.34. The van der Waals surface area contributed by atoms with E-state index >= 15 is 0 Å². The van der Waals surface area contributed by atoms with Crippen molar-refractivity contribution in [1.82, 2.24) is 0 Å². The maximum atomic E-state index is 12.8. The largest absolute Gasteiger partial charge is 0.325 e. The van der Waals surface area contributed by atoms with E-state index in [0.717, 1.165) is 11.1 Å². The number of carbonyl (C=O) groups is 1. The van der Waals surface area contributed by atoms with E-state index in [1.165, 1.54) is 0 Å². The highest BCUT2D eigenvalue weighted by atomic mass is 32.2. The molecule has 0 aliphatic carbocycles. The lowest BCUT2D eigenvalue weighted by molar-refractivity contribution is -0.115. The van der Waals surface area contributed by atoms with Crippen LogP contribution >= 0.6 is 0 Å². The molecule has 5 heteroatoms. The van der Waals surface area contributed by atoms with E-state index < -0.39 is 21.0 Å². The average Bonchev–Trinajstić information content (AvgIpc) is 2.66. The van der Waals surface area contributed by atoms with Gasteiger partial charge in [0.15, 0.2) is 9.84 Å². The topological polar surface area (TPSA) is 63.2 Å². The van der Waals surface area contributed by atoms with Crippen LogP contribution in [0.4, 0.5) is 5.69 Å². The van der Waals surface area contributed by atoms with Crippen molar-refractivity contribution in [1.29, 1.82) is 0 Å². The molecule has 0 fully saturated rings. The summed E-state index contributed by atoms with van der Waals surface area (Å²) in [6.45, 7) is 1.89. The van der Waals surface area contributed by atoms with E-state index in [0.29, 0.717) is 18.5 Å². The number of para-hydroxylation sites is 1. The number of rotatable bonds is 2. The smallest absolute Gasteiger partial charge is 0.243 e. The van der Waals surface area contributed by atoms with Crippen LogP contribution in [0.3, 0.4) is 0 Å². The number of hydrogen-bond donors (Lipinski definition) is 1. The molecule has 0 aromatic heterocycles. The Hall–Kier alpha value is -2.14. The Balaban J connectivity index is 1.95. The number of nitrogens with one attached hydrogen (secondary N) is 1. The highest BCUT2D eigenvalue weighted by Gasteiger charge is 2.35. The van der Waals surface area contributed by atoms with Crippen molar-refractivity contribution in [3.63, 3.8) is 0 Å². The van der Waals surface area contributed by atoms with Crippen LogP contribution in [0.5, 0.6) is 0 Å². The van der Waals surface area contributed by atoms with Gasteiger partial charge in [0.1, 0.15) is 5.25 Å². The van der Waals surface area contributed by atoms with E-state index in [-0.39, 0.29) is 4.90 Å². The quantitative estimate of drug-likeness (QED) is 0.927. The van der Waals surface area contributed by atoms with E-state index in [4.69, 9.17) is 0 Å². The van der Waals surface area contributed by atoms with Crippen LogP contribution in [0.15, 0.2) is 53.4 Å². The SMILES string of the molecule is Cc1ccc(S(=O)(=O)C2CCc3ccccc3NC2=O)cc1. The van der Waals surface area contributed by atoms with Gasteiger partial charge in [-0.05, 0) is 43.5 Å². The highest BCUT2D eigenvalue weighted by Crippen LogP contribution is 2.27. The minimum absolute atomic E-state index is 0.198. The number of fused-ring (bicyclic) bond motifs is 1. The normalized spacial score (nSPS) is 18.2. The number of amides is 1. The summed E-state index contributed by atoms with van der Waals surface area (Å²) >= 11 is 0. The molecule has 1 N–H and O–H groups in total. The Morgan fingerprint density at radius 3 is 2.45 bits per heavy atom. The van der Waals surface area contributed by atoms with Crippen LogP contribution in [-0.4, -0.2) is 19.6 Å². The van der Waals surface area contributed by atoms with Crippen LogP contribution in [0, 0.1) is 6.92 Å². The summed E-state index contributed by atoms with van der Waals surface area (Å²) in [6.07, 6.45) is 0.851. The van der Waals surface area contributed by atoms with Gasteiger partial charge in [-0.25, -0.2) is 8.42 Å². The van der Waals surface area contributed by atoms with Crippen molar-refractivity contribution in [3.8, 4) is 0 Å². The number of hydrogen-bond acceptors (Lipinski definition) is 3. The summed E-state index contributed by atoms with van der Waals surface area (Å²) in [7, 11) is -3.68. The Kier molecular flexibility index (Phi) is 3.74. The Morgan fingerprint density at radius 2 is 1.73 bits per heavy atom. The molecule has 1 amide bonds. The van der Waals surface area contributed by atoms with Gasteiger partial charge in [-0.2, -0.15) is 0 Å². The zero-order valence-corrected chi connectivity index (χ0v) is 13.1. The van der Waals surface area contributed by atoms with Crippen molar-refractivity contribution in [2.75, 3.05) is 5.32 Å².